The summed E-state index contributed by atoms with van der Waals surface area (Å²) in [6, 6.07) is 21.1. The van der Waals surface area contributed by atoms with Gasteiger partial charge in [-0.3, -0.25) is 4.99 Å². The second kappa shape index (κ2) is 8.19. The van der Waals surface area contributed by atoms with Crippen LogP contribution in [-0.2, 0) is 6.61 Å². The number of benzene rings is 3. The Morgan fingerprint density at radius 1 is 0.880 bits per heavy atom. The van der Waals surface area contributed by atoms with Crippen molar-refractivity contribution in [2.24, 2.45) is 4.99 Å². The Labute approximate surface area is 157 Å². The van der Waals surface area contributed by atoms with Crippen LogP contribution in [0.2, 0.25) is 10.0 Å². The average Bonchev–Trinajstić information content (AvgIpc) is 2.62. The zero-order valence-corrected chi connectivity index (χ0v) is 15.3. The first-order valence-electron chi connectivity index (χ1n) is 7.88. The van der Waals surface area contributed by atoms with Crippen LogP contribution in [0.5, 0.6) is 5.75 Å². The van der Waals surface area contributed by atoms with Crippen LogP contribution < -0.4 is 4.74 Å². The van der Waals surface area contributed by atoms with Gasteiger partial charge in [-0.1, -0.05) is 53.0 Å². The van der Waals surface area contributed by atoms with E-state index in [2.05, 4.69) is 4.99 Å². The Bertz CT molecular complexity index is 871. The van der Waals surface area contributed by atoms with Crippen LogP contribution in [0.4, 0.5) is 5.69 Å². The Morgan fingerprint density at radius 3 is 2.28 bits per heavy atom. The predicted molar refractivity (Wildman–Crippen MR) is 106 cm³/mol. The summed E-state index contributed by atoms with van der Waals surface area (Å²) in [5, 5.41) is 1.35. The van der Waals surface area contributed by atoms with E-state index in [-0.39, 0.29) is 0 Å². The van der Waals surface area contributed by atoms with Crippen molar-refractivity contribution in [3.05, 3.63) is 93.5 Å². The molecule has 2 nitrogen and oxygen atoms in total. The molecule has 0 bridgehead atoms. The molecule has 0 saturated heterocycles. The van der Waals surface area contributed by atoms with Gasteiger partial charge in [0.1, 0.15) is 12.4 Å². The van der Waals surface area contributed by atoms with Gasteiger partial charge in [0.15, 0.2) is 0 Å². The van der Waals surface area contributed by atoms with Crippen LogP contribution in [0.3, 0.4) is 0 Å². The minimum absolute atomic E-state index is 0.449. The molecular weight excluding hydrogens is 353 g/mol. The molecule has 0 saturated carbocycles. The highest BCUT2D eigenvalue weighted by molar-refractivity contribution is 6.31. The van der Waals surface area contributed by atoms with Crippen LogP contribution in [0.1, 0.15) is 16.7 Å². The molecule has 3 aromatic rings. The Morgan fingerprint density at radius 2 is 1.56 bits per heavy atom. The van der Waals surface area contributed by atoms with Gasteiger partial charge in [0.2, 0.25) is 0 Å². The quantitative estimate of drug-likeness (QED) is 0.462. The van der Waals surface area contributed by atoms with Crippen molar-refractivity contribution in [3.8, 4) is 5.75 Å². The second-order valence-electron chi connectivity index (χ2n) is 5.69. The van der Waals surface area contributed by atoms with E-state index in [1.54, 1.807) is 6.21 Å². The fourth-order valence-corrected chi connectivity index (χ4v) is 2.57. The van der Waals surface area contributed by atoms with Crippen molar-refractivity contribution in [1.82, 2.24) is 0 Å². The number of nitrogens with zero attached hydrogens (tertiary/aromatic N) is 1. The molecule has 0 amide bonds. The zero-order chi connectivity index (χ0) is 17.6. The fourth-order valence-electron chi connectivity index (χ4n) is 2.27. The van der Waals surface area contributed by atoms with Gasteiger partial charge in [0.25, 0.3) is 0 Å². The summed E-state index contributed by atoms with van der Waals surface area (Å²) in [6.45, 7) is 2.50. The SMILES string of the molecule is Cc1ccc(N=Cc2cc(Cl)ccc2OCc2ccc(Cl)cc2)cc1. The van der Waals surface area contributed by atoms with Crippen molar-refractivity contribution in [2.75, 3.05) is 0 Å². The smallest absolute Gasteiger partial charge is 0.128 e. The number of aryl methyl sites for hydroxylation is 1. The van der Waals surface area contributed by atoms with E-state index in [4.69, 9.17) is 27.9 Å². The largest absolute Gasteiger partial charge is 0.488 e. The lowest BCUT2D eigenvalue weighted by molar-refractivity contribution is 0.306. The normalized spacial score (nSPS) is 11.0. The third-order valence-electron chi connectivity index (χ3n) is 3.67. The number of aliphatic imine (C=N–C) groups is 1. The summed E-state index contributed by atoms with van der Waals surface area (Å²) in [5.41, 5.74) is 3.96. The first-order chi connectivity index (χ1) is 12.1. The molecule has 0 radical (unpaired) electrons. The molecule has 0 aromatic heterocycles. The molecule has 3 aromatic carbocycles. The van der Waals surface area contributed by atoms with E-state index in [1.807, 2.05) is 73.7 Å². The molecule has 0 spiro atoms. The number of hydrogen-bond donors (Lipinski definition) is 0. The van der Waals surface area contributed by atoms with E-state index >= 15 is 0 Å². The predicted octanol–water partition coefficient (Wildman–Crippen LogP) is 6.63. The maximum atomic E-state index is 6.12. The van der Waals surface area contributed by atoms with Gasteiger partial charge in [0, 0.05) is 21.8 Å². The highest BCUT2D eigenvalue weighted by atomic mass is 35.5. The number of halogens is 2. The van der Waals surface area contributed by atoms with Crippen molar-refractivity contribution < 1.29 is 4.74 Å². The van der Waals surface area contributed by atoms with Crippen LogP contribution in [0.15, 0.2) is 71.7 Å². The van der Waals surface area contributed by atoms with E-state index in [1.165, 1.54) is 5.56 Å². The molecule has 0 N–H and O–H groups in total. The molecule has 3 rings (SSSR count). The summed E-state index contributed by atoms with van der Waals surface area (Å²) in [4.78, 5) is 4.50. The molecule has 0 atom stereocenters. The van der Waals surface area contributed by atoms with Gasteiger partial charge < -0.3 is 4.74 Å². The highest BCUT2D eigenvalue weighted by Crippen LogP contribution is 2.24. The third kappa shape index (κ3) is 5.09. The van der Waals surface area contributed by atoms with Gasteiger partial charge in [-0.2, -0.15) is 0 Å². The van der Waals surface area contributed by atoms with E-state index in [0.717, 1.165) is 22.6 Å². The molecule has 0 unspecified atom stereocenters. The van der Waals surface area contributed by atoms with Crippen LogP contribution in [0.25, 0.3) is 0 Å². The van der Waals surface area contributed by atoms with Crippen LogP contribution in [-0.4, -0.2) is 6.21 Å². The monoisotopic (exact) mass is 369 g/mol. The molecule has 0 heterocycles. The van der Waals surface area contributed by atoms with Crippen LogP contribution in [0, 0.1) is 6.92 Å². The summed E-state index contributed by atoms with van der Waals surface area (Å²) in [5.74, 6) is 0.732. The van der Waals surface area contributed by atoms with Gasteiger partial charge in [-0.05, 0) is 55.0 Å². The number of hydrogen-bond acceptors (Lipinski definition) is 2. The lowest BCUT2D eigenvalue weighted by Gasteiger charge is -2.10. The fraction of sp³-hybridized carbons (Fsp3) is 0.0952. The van der Waals surface area contributed by atoms with Gasteiger partial charge in [-0.15, -0.1) is 0 Å². The molecule has 126 valence electrons. The van der Waals surface area contributed by atoms with Gasteiger partial charge >= 0.3 is 0 Å². The van der Waals surface area contributed by atoms with Crippen molar-refractivity contribution in [3.63, 3.8) is 0 Å². The summed E-state index contributed by atoms with van der Waals surface area (Å²) >= 11 is 12.0. The maximum Gasteiger partial charge on any atom is 0.128 e. The first-order valence-corrected chi connectivity index (χ1v) is 8.63. The number of rotatable bonds is 5. The Kier molecular flexibility index (Phi) is 5.75. The zero-order valence-electron chi connectivity index (χ0n) is 13.7. The molecule has 0 aliphatic carbocycles. The Balaban J connectivity index is 1.77. The van der Waals surface area contributed by atoms with Gasteiger partial charge in [0.05, 0.1) is 5.69 Å². The van der Waals surface area contributed by atoms with Crippen molar-refractivity contribution in [1.29, 1.82) is 0 Å². The average molecular weight is 370 g/mol. The van der Waals surface area contributed by atoms with E-state index in [0.29, 0.717) is 16.7 Å². The Hall–Kier alpha value is -2.29. The maximum absolute atomic E-state index is 6.12. The standard InChI is InChI=1S/C21H17Cl2NO/c1-15-2-9-20(10-3-15)24-13-17-12-19(23)8-11-21(17)25-14-16-4-6-18(22)7-5-16/h2-13H,14H2,1H3. The lowest BCUT2D eigenvalue weighted by Crippen LogP contribution is -1.98. The summed E-state index contributed by atoms with van der Waals surface area (Å²) in [6.07, 6.45) is 1.77. The molecule has 0 aliphatic rings. The highest BCUT2D eigenvalue weighted by Gasteiger charge is 2.04. The van der Waals surface area contributed by atoms with Crippen LogP contribution >= 0.6 is 23.2 Å². The second-order valence-corrected chi connectivity index (χ2v) is 6.56. The topological polar surface area (TPSA) is 21.6 Å². The molecule has 0 aliphatic heterocycles. The summed E-state index contributed by atoms with van der Waals surface area (Å²) < 4.78 is 5.93. The van der Waals surface area contributed by atoms with Crippen molar-refractivity contribution in [2.45, 2.75) is 13.5 Å². The number of ether oxygens (including phenoxy) is 1. The molecular formula is C21H17Cl2NO. The van der Waals surface area contributed by atoms with E-state index < -0.39 is 0 Å². The lowest BCUT2D eigenvalue weighted by atomic mass is 10.2. The van der Waals surface area contributed by atoms with E-state index in [9.17, 15) is 0 Å². The third-order valence-corrected chi connectivity index (χ3v) is 4.15. The molecule has 0 fully saturated rings. The van der Waals surface area contributed by atoms with Gasteiger partial charge in [-0.25, -0.2) is 0 Å². The summed E-state index contributed by atoms with van der Waals surface area (Å²) in [7, 11) is 0. The molecule has 25 heavy (non-hydrogen) atoms. The minimum atomic E-state index is 0.449. The minimum Gasteiger partial charge on any atom is -0.488 e. The molecule has 4 heteroatoms. The van der Waals surface area contributed by atoms with Crippen molar-refractivity contribution >= 4 is 35.1 Å². The first kappa shape index (κ1) is 17.5.